The molecular weight excluding hydrogens is 577 g/mol. The van der Waals surface area contributed by atoms with Crippen LogP contribution in [0.1, 0.15) is 79.1 Å². The van der Waals surface area contributed by atoms with E-state index in [9.17, 15) is 24.2 Å². The van der Waals surface area contributed by atoms with Crippen LogP contribution >= 0.6 is 0 Å². The van der Waals surface area contributed by atoms with Gasteiger partial charge in [0.05, 0.1) is 24.3 Å². The third-order valence-electron chi connectivity index (χ3n) is 7.87. The van der Waals surface area contributed by atoms with Crippen molar-refractivity contribution in [3.8, 4) is 11.1 Å². The number of halogens is 1. The van der Waals surface area contributed by atoms with Crippen molar-refractivity contribution in [2.24, 2.45) is 0 Å². The lowest BCUT2D eigenvalue weighted by atomic mass is 9.86. The average Bonchev–Trinajstić information content (AvgIpc) is 3.16. The van der Waals surface area contributed by atoms with Crippen LogP contribution in [0.15, 0.2) is 48.5 Å². The molecule has 2 amide bonds. The molecule has 1 heterocycles. The third kappa shape index (κ3) is 9.20. The molecule has 2 atom stereocenters. The molecule has 0 saturated carbocycles. The van der Waals surface area contributed by atoms with Crippen LogP contribution in [0, 0.1) is 5.82 Å². The first-order chi connectivity index (χ1) is 21.5. The molecule has 45 heavy (non-hydrogen) atoms. The summed E-state index contributed by atoms with van der Waals surface area (Å²) < 4.78 is 14.1. The number of carbonyl (C=O) groups excluding carboxylic acids is 1. The molecule has 1 aliphatic rings. The number of anilines is 1. The van der Waals surface area contributed by atoms with E-state index in [1.165, 1.54) is 12.1 Å². The number of nitrogens with one attached hydrogen (secondary N) is 2. The zero-order chi connectivity index (χ0) is 32.5. The van der Waals surface area contributed by atoms with Crippen molar-refractivity contribution in [3.63, 3.8) is 0 Å². The molecule has 0 radical (unpaired) electrons. The first-order valence-corrected chi connectivity index (χ1v) is 15.4. The van der Waals surface area contributed by atoms with Crippen molar-refractivity contribution in [3.05, 3.63) is 88.0 Å². The van der Waals surface area contributed by atoms with E-state index in [0.717, 1.165) is 51.2 Å². The van der Waals surface area contributed by atoms with E-state index in [1.807, 2.05) is 32.0 Å². The first kappa shape index (κ1) is 33.8. The lowest BCUT2D eigenvalue weighted by molar-refractivity contribution is -0.139. The topological polar surface area (TPSA) is 152 Å². The number of carboxylic acids is 1. The Bertz CT molecular complexity index is 1520. The minimum absolute atomic E-state index is 0.0150. The Hall–Kier alpha value is -4.12. The largest absolute Gasteiger partial charge is 0.481 e. The lowest BCUT2D eigenvalue weighted by Crippen LogP contribution is -2.29. The van der Waals surface area contributed by atoms with E-state index in [4.69, 9.17) is 15.2 Å². The summed E-state index contributed by atoms with van der Waals surface area (Å²) in [5.74, 6) is -1.49. The van der Waals surface area contributed by atoms with Crippen LogP contribution in [0.2, 0.25) is 0 Å². The highest BCUT2D eigenvalue weighted by atomic mass is 19.1. The van der Waals surface area contributed by atoms with Crippen LogP contribution in [0.25, 0.3) is 17.2 Å². The second-order valence-electron chi connectivity index (χ2n) is 11.8. The number of urea groups is 1. The summed E-state index contributed by atoms with van der Waals surface area (Å²) in [6.07, 6.45) is 3.65. The van der Waals surface area contributed by atoms with Gasteiger partial charge in [-0.05, 0) is 83.7 Å². The summed E-state index contributed by atoms with van der Waals surface area (Å²) in [5.41, 5.74) is 7.95. The molecule has 0 unspecified atom stereocenters. The minimum Gasteiger partial charge on any atom is -0.481 e. The molecule has 3 aromatic rings. The summed E-state index contributed by atoms with van der Waals surface area (Å²) >= 11 is 0. The van der Waals surface area contributed by atoms with E-state index in [0.29, 0.717) is 37.9 Å². The molecule has 0 saturated heterocycles. The number of aromatic nitrogens is 1. The van der Waals surface area contributed by atoms with Gasteiger partial charge in [0.2, 0.25) is 0 Å². The van der Waals surface area contributed by atoms with Crippen LogP contribution in [-0.2, 0) is 24.1 Å². The van der Waals surface area contributed by atoms with E-state index in [1.54, 1.807) is 24.3 Å². The molecule has 240 valence electrons. The zero-order valence-corrected chi connectivity index (χ0v) is 25.7. The number of benzene rings is 2. The number of nitrogens with zero attached hydrogens (tertiary/aromatic N) is 1. The Kier molecular flexibility index (Phi) is 11.8. The van der Waals surface area contributed by atoms with Gasteiger partial charge in [-0.25, -0.2) is 9.18 Å². The van der Waals surface area contributed by atoms with Crippen molar-refractivity contribution in [2.75, 3.05) is 18.5 Å². The number of rotatable bonds is 13. The molecule has 9 nitrogen and oxygen atoms in total. The third-order valence-corrected chi connectivity index (χ3v) is 7.87. The molecule has 10 heteroatoms. The fourth-order valence-electron chi connectivity index (χ4n) is 5.68. The predicted octanol–water partition coefficient (Wildman–Crippen LogP) is 5.19. The monoisotopic (exact) mass is 619 g/mol. The number of aliphatic hydroxyl groups excluding tert-OH is 3. The standard InChI is InChI=1S/C35H42FN3O6/c1-21(2)34-29(13-12-27(41)19-28(42)20-32(43)44)33(23-5-9-25(36)10-6-23)30-18-24-17-26(38-35(45)37-15-3-4-16-40)11-7-22(24)8-14-31(30)39-34/h5-7,9-13,17,21,27-28,40-42H,3-4,8,14-16,18-20H2,1-2H3,(H,43,44)(H2,37,38,45)/b13-12+/t27-,28-/m1/s1. The Balaban J connectivity index is 1.75. The number of aliphatic carboxylic acids is 1. The Morgan fingerprint density at radius 1 is 1.04 bits per heavy atom. The summed E-state index contributed by atoms with van der Waals surface area (Å²) in [6, 6.07) is 11.8. The highest BCUT2D eigenvalue weighted by molar-refractivity contribution is 5.89. The molecule has 4 rings (SSSR count). The molecule has 0 bridgehead atoms. The minimum atomic E-state index is -1.20. The van der Waals surface area contributed by atoms with Gasteiger partial charge in [-0.15, -0.1) is 0 Å². The van der Waals surface area contributed by atoms with Gasteiger partial charge in [0.15, 0.2) is 0 Å². The van der Waals surface area contributed by atoms with Crippen LogP contribution in [0.5, 0.6) is 0 Å². The molecule has 6 N–H and O–H groups in total. The molecule has 0 spiro atoms. The van der Waals surface area contributed by atoms with Crippen LogP contribution in [-0.4, -0.2) is 62.8 Å². The number of carboxylic acid groups (broad SMARTS) is 1. The Labute approximate surface area is 262 Å². The van der Waals surface area contributed by atoms with Gasteiger partial charge in [0.25, 0.3) is 0 Å². The number of amides is 2. The number of aryl methyl sites for hydroxylation is 2. The van der Waals surface area contributed by atoms with E-state index in [2.05, 4.69) is 10.6 Å². The number of hydrogen-bond acceptors (Lipinski definition) is 6. The number of aliphatic hydroxyl groups is 3. The van der Waals surface area contributed by atoms with Gasteiger partial charge in [-0.2, -0.15) is 0 Å². The van der Waals surface area contributed by atoms with Gasteiger partial charge in [0, 0.05) is 42.9 Å². The van der Waals surface area contributed by atoms with Gasteiger partial charge in [-0.1, -0.05) is 44.2 Å². The van der Waals surface area contributed by atoms with Gasteiger partial charge < -0.3 is 31.1 Å². The Morgan fingerprint density at radius 3 is 2.49 bits per heavy atom. The average molecular weight is 620 g/mol. The number of carbonyl (C=O) groups is 2. The van der Waals surface area contributed by atoms with Gasteiger partial charge in [-0.3, -0.25) is 9.78 Å². The maximum absolute atomic E-state index is 14.1. The second-order valence-corrected chi connectivity index (χ2v) is 11.8. The summed E-state index contributed by atoms with van der Waals surface area (Å²) in [7, 11) is 0. The van der Waals surface area contributed by atoms with Gasteiger partial charge in [0.1, 0.15) is 5.82 Å². The molecule has 2 aromatic carbocycles. The van der Waals surface area contributed by atoms with Crippen molar-refractivity contribution in [1.82, 2.24) is 10.3 Å². The molecule has 1 aromatic heterocycles. The maximum Gasteiger partial charge on any atom is 0.319 e. The maximum atomic E-state index is 14.1. The van der Waals surface area contributed by atoms with Crippen LogP contribution in [0.4, 0.5) is 14.9 Å². The summed E-state index contributed by atoms with van der Waals surface area (Å²) in [6.45, 7) is 4.60. The smallest absolute Gasteiger partial charge is 0.319 e. The fraction of sp³-hybridized carbons (Fsp3) is 0.400. The van der Waals surface area contributed by atoms with E-state index >= 15 is 0 Å². The number of pyridine rings is 1. The quantitative estimate of drug-likeness (QED) is 0.144. The molecule has 0 aliphatic heterocycles. The SMILES string of the molecule is CC(C)c1nc2c(c(-c3ccc(F)cc3)c1/C=C/[C@@H](O)C[C@@H](O)CC(=O)O)Cc1cc(NC(=O)NCCCCO)ccc1CC2. The zero-order valence-electron chi connectivity index (χ0n) is 25.7. The highest BCUT2D eigenvalue weighted by Gasteiger charge is 2.25. The summed E-state index contributed by atoms with van der Waals surface area (Å²) in [4.78, 5) is 28.6. The Morgan fingerprint density at radius 2 is 1.80 bits per heavy atom. The lowest BCUT2D eigenvalue weighted by Gasteiger charge is -2.22. The van der Waals surface area contributed by atoms with E-state index in [-0.39, 0.29) is 30.8 Å². The van der Waals surface area contributed by atoms with Crippen molar-refractivity contribution >= 4 is 23.8 Å². The van der Waals surface area contributed by atoms with Crippen LogP contribution in [0.3, 0.4) is 0 Å². The highest BCUT2D eigenvalue weighted by Crippen LogP contribution is 2.39. The molecule has 0 fully saturated rings. The van der Waals surface area contributed by atoms with Crippen molar-refractivity contribution in [1.29, 1.82) is 0 Å². The predicted molar refractivity (Wildman–Crippen MR) is 172 cm³/mol. The number of hydrogen-bond donors (Lipinski definition) is 6. The van der Waals surface area contributed by atoms with Crippen LogP contribution < -0.4 is 10.6 Å². The normalized spacial score (nSPS) is 14.0. The molecular formula is C35H42FN3O6. The fourth-order valence-corrected chi connectivity index (χ4v) is 5.68. The molecule has 1 aliphatic carbocycles. The second kappa shape index (κ2) is 15.7. The summed E-state index contributed by atoms with van der Waals surface area (Å²) in [5, 5.41) is 44.3. The van der Waals surface area contributed by atoms with Crippen molar-refractivity contribution in [2.45, 2.75) is 76.9 Å². The number of fused-ring (bicyclic) bond motifs is 2. The van der Waals surface area contributed by atoms with E-state index < -0.39 is 24.6 Å². The first-order valence-electron chi connectivity index (χ1n) is 15.4. The van der Waals surface area contributed by atoms with Gasteiger partial charge >= 0.3 is 12.0 Å². The van der Waals surface area contributed by atoms with Crippen molar-refractivity contribution < 1.29 is 34.4 Å². The number of unbranched alkanes of at least 4 members (excludes halogenated alkanes) is 1.